The minimum absolute atomic E-state index is 0.172. The van der Waals surface area contributed by atoms with Gasteiger partial charge in [0.1, 0.15) is 0 Å². The zero-order chi connectivity index (χ0) is 21.3. The third-order valence-corrected chi connectivity index (χ3v) is 5.18. The summed E-state index contributed by atoms with van der Waals surface area (Å²) in [7, 11) is 1.55. The summed E-state index contributed by atoms with van der Waals surface area (Å²) < 4.78 is 9.64. The molecule has 4 aromatic rings. The Balaban J connectivity index is 1.95. The van der Waals surface area contributed by atoms with Crippen molar-refractivity contribution < 1.29 is 4.74 Å². The molecule has 0 spiro atoms. The highest BCUT2D eigenvalue weighted by molar-refractivity contribution is 5.72. The van der Waals surface area contributed by atoms with E-state index in [1.807, 2.05) is 62.4 Å². The van der Waals surface area contributed by atoms with Crippen molar-refractivity contribution in [1.82, 2.24) is 18.7 Å². The lowest BCUT2D eigenvalue weighted by atomic mass is 10.1. The molecule has 0 amide bonds. The van der Waals surface area contributed by atoms with E-state index in [1.54, 1.807) is 18.0 Å². The summed E-state index contributed by atoms with van der Waals surface area (Å²) in [6.45, 7) is 4.94. The maximum Gasteiger partial charge on any atom is 0.337 e. The number of fused-ring (bicyclic) bond motifs is 1. The minimum Gasteiger partial charge on any atom is -0.383 e. The summed E-state index contributed by atoms with van der Waals surface area (Å²) in [6, 6.07) is 15.7. The van der Waals surface area contributed by atoms with E-state index in [0.29, 0.717) is 23.4 Å². The Morgan fingerprint density at radius 2 is 1.57 bits per heavy atom. The van der Waals surface area contributed by atoms with Crippen molar-refractivity contribution in [2.75, 3.05) is 13.7 Å². The molecule has 7 nitrogen and oxygen atoms in total. The quantitative estimate of drug-likeness (QED) is 0.495. The molecular weight excluding hydrogens is 380 g/mol. The Labute approximate surface area is 173 Å². The lowest BCUT2D eigenvalue weighted by Crippen LogP contribution is -2.41. The predicted octanol–water partition coefficient (Wildman–Crippen LogP) is 2.66. The number of hydrogen-bond donors (Lipinski definition) is 0. The van der Waals surface area contributed by atoms with E-state index >= 15 is 0 Å². The molecule has 0 bridgehead atoms. The van der Waals surface area contributed by atoms with Gasteiger partial charge >= 0.3 is 5.69 Å². The molecule has 2 aromatic heterocycles. The van der Waals surface area contributed by atoms with Gasteiger partial charge in [-0.05, 0) is 31.5 Å². The van der Waals surface area contributed by atoms with Crippen molar-refractivity contribution in [3.05, 3.63) is 92.4 Å². The van der Waals surface area contributed by atoms with Crippen LogP contribution in [0.3, 0.4) is 0 Å². The first-order valence-corrected chi connectivity index (χ1v) is 9.82. The number of benzene rings is 2. The first-order chi connectivity index (χ1) is 14.5. The van der Waals surface area contributed by atoms with Crippen LogP contribution in [-0.4, -0.2) is 32.4 Å². The van der Waals surface area contributed by atoms with E-state index in [0.717, 1.165) is 11.1 Å². The molecule has 0 aliphatic heterocycles. The van der Waals surface area contributed by atoms with Gasteiger partial charge in [0.15, 0.2) is 11.2 Å². The second-order valence-corrected chi connectivity index (χ2v) is 7.43. The molecule has 0 fully saturated rings. The molecule has 0 aliphatic carbocycles. The lowest BCUT2D eigenvalue weighted by molar-refractivity contribution is 0.184. The number of nitrogens with zero attached hydrogens (tertiary/aromatic N) is 4. The fourth-order valence-electron chi connectivity index (χ4n) is 3.50. The number of methoxy groups -OCH3 is 1. The van der Waals surface area contributed by atoms with Crippen molar-refractivity contribution in [2.24, 2.45) is 0 Å². The first kappa shape index (κ1) is 19.8. The minimum atomic E-state index is -0.422. The second-order valence-electron chi connectivity index (χ2n) is 7.43. The van der Waals surface area contributed by atoms with E-state index in [-0.39, 0.29) is 18.7 Å². The smallest absolute Gasteiger partial charge is 0.337 e. The van der Waals surface area contributed by atoms with Crippen molar-refractivity contribution in [2.45, 2.75) is 26.9 Å². The van der Waals surface area contributed by atoms with Crippen molar-refractivity contribution >= 4 is 11.2 Å². The number of aryl methyl sites for hydroxylation is 2. The van der Waals surface area contributed by atoms with Gasteiger partial charge in [0.05, 0.1) is 25.2 Å². The zero-order valence-corrected chi connectivity index (χ0v) is 17.3. The maximum absolute atomic E-state index is 13.3. The fourth-order valence-corrected chi connectivity index (χ4v) is 3.50. The molecule has 30 heavy (non-hydrogen) atoms. The highest BCUT2D eigenvalue weighted by Crippen LogP contribution is 2.15. The van der Waals surface area contributed by atoms with E-state index in [1.165, 1.54) is 14.7 Å². The van der Waals surface area contributed by atoms with Gasteiger partial charge in [-0.15, -0.1) is 0 Å². The highest BCUT2D eigenvalue weighted by atomic mass is 16.5. The molecular formula is C23H24N4O3. The van der Waals surface area contributed by atoms with Crippen molar-refractivity contribution in [3.63, 3.8) is 0 Å². The third-order valence-electron chi connectivity index (χ3n) is 5.18. The Hall–Kier alpha value is -3.45. The average Bonchev–Trinajstić information content (AvgIpc) is 3.14. The van der Waals surface area contributed by atoms with Crippen LogP contribution in [0.5, 0.6) is 0 Å². The third kappa shape index (κ3) is 3.59. The molecule has 0 unspecified atom stereocenters. The van der Waals surface area contributed by atoms with Crippen LogP contribution in [0.4, 0.5) is 0 Å². The number of ether oxygens (including phenoxy) is 1. The fraction of sp³-hybridized carbons (Fsp3) is 0.261. The van der Waals surface area contributed by atoms with E-state index in [4.69, 9.17) is 4.74 Å². The topological polar surface area (TPSA) is 71.1 Å². The largest absolute Gasteiger partial charge is 0.383 e. The summed E-state index contributed by atoms with van der Waals surface area (Å²) >= 11 is 0. The summed E-state index contributed by atoms with van der Waals surface area (Å²) in [5.41, 5.74) is 3.94. The molecule has 0 atom stereocenters. The number of aromatic nitrogens is 4. The highest BCUT2D eigenvalue weighted by Gasteiger charge is 2.19. The average molecular weight is 404 g/mol. The Morgan fingerprint density at radius 1 is 0.933 bits per heavy atom. The molecule has 2 heterocycles. The van der Waals surface area contributed by atoms with E-state index < -0.39 is 5.69 Å². The van der Waals surface area contributed by atoms with E-state index in [2.05, 4.69) is 4.98 Å². The molecule has 2 aromatic carbocycles. The van der Waals surface area contributed by atoms with Gasteiger partial charge in [-0.2, -0.15) is 0 Å². The van der Waals surface area contributed by atoms with Crippen LogP contribution in [0.2, 0.25) is 0 Å². The standard InChI is InChI=1S/C23H24N4O3/c1-16-4-8-18(9-5-16)14-25-15-24-21-20(25)22(28)26(12-13-30-3)23(29)27(21)19-10-6-17(2)7-11-19/h4-11,15H,12-14H2,1-3H3. The molecule has 0 saturated carbocycles. The maximum atomic E-state index is 13.3. The molecule has 0 aliphatic rings. The molecule has 0 saturated heterocycles. The van der Waals surface area contributed by atoms with Crippen LogP contribution < -0.4 is 11.2 Å². The molecule has 0 radical (unpaired) electrons. The molecule has 7 heteroatoms. The molecule has 0 N–H and O–H groups in total. The predicted molar refractivity (Wildman–Crippen MR) is 116 cm³/mol. The summed E-state index contributed by atoms with van der Waals surface area (Å²) in [6.07, 6.45) is 1.62. The monoisotopic (exact) mass is 404 g/mol. The number of imidazole rings is 1. The van der Waals surface area contributed by atoms with Crippen molar-refractivity contribution in [1.29, 1.82) is 0 Å². The summed E-state index contributed by atoms with van der Waals surface area (Å²) in [5, 5.41) is 0. The van der Waals surface area contributed by atoms with Gasteiger partial charge < -0.3 is 9.30 Å². The summed E-state index contributed by atoms with van der Waals surface area (Å²) in [5.74, 6) is 0. The van der Waals surface area contributed by atoms with Crippen LogP contribution in [0, 0.1) is 13.8 Å². The van der Waals surface area contributed by atoms with Crippen LogP contribution in [0.25, 0.3) is 16.9 Å². The molecule has 154 valence electrons. The van der Waals surface area contributed by atoms with Gasteiger partial charge in [0.25, 0.3) is 5.56 Å². The van der Waals surface area contributed by atoms with E-state index in [9.17, 15) is 9.59 Å². The Kier molecular flexibility index (Phi) is 5.37. The second kappa shape index (κ2) is 8.12. The zero-order valence-electron chi connectivity index (χ0n) is 17.3. The van der Waals surface area contributed by atoms with Crippen LogP contribution in [-0.2, 0) is 17.8 Å². The normalized spacial score (nSPS) is 11.3. The van der Waals surface area contributed by atoms with Gasteiger partial charge in [0.2, 0.25) is 0 Å². The van der Waals surface area contributed by atoms with Gasteiger partial charge in [-0.3, -0.25) is 9.36 Å². The van der Waals surface area contributed by atoms with Gasteiger partial charge in [-0.25, -0.2) is 14.3 Å². The Bertz CT molecular complexity index is 1300. The first-order valence-electron chi connectivity index (χ1n) is 9.82. The number of rotatable bonds is 6. The lowest BCUT2D eigenvalue weighted by Gasteiger charge is -2.13. The summed E-state index contributed by atoms with van der Waals surface area (Å²) in [4.78, 5) is 30.9. The SMILES string of the molecule is COCCn1c(=O)c2c(ncn2Cc2ccc(C)cc2)n(-c2ccc(C)cc2)c1=O. The van der Waals surface area contributed by atoms with Crippen LogP contribution in [0.15, 0.2) is 64.4 Å². The molecule has 4 rings (SSSR count). The van der Waals surface area contributed by atoms with Crippen molar-refractivity contribution in [3.8, 4) is 5.69 Å². The van der Waals surface area contributed by atoms with Gasteiger partial charge in [-0.1, -0.05) is 47.5 Å². The number of hydrogen-bond acceptors (Lipinski definition) is 4. The van der Waals surface area contributed by atoms with Crippen LogP contribution >= 0.6 is 0 Å². The Morgan fingerprint density at radius 3 is 2.20 bits per heavy atom. The van der Waals surface area contributed by atoms with Gasteiger partial charge in [0, 0.05) is 13.7 Å². The van der Waals surface area contributed by atoms with Crippen LogP contribution in [0.1, 0.15) is 16.7 Å².